The zero-order valence-electron chi connectivity index (χ0n) is 5.84. The molecule has 5 heteroatoms. The third-order valence-corrected chi connectivity index (χ3v) is 3.18. The fraction of sp³-hybridized carbons (Fsp3) is 0. The van der Waals surface area contributed by atoms with Crippen LogP contribution in [0.3, 0.4) is 0 Å². The smallest absolute Gasteiger partial charge is 0.146 e. The first-order chi connectivity index (χ1) is 5.70. The van der Waals surface area contributed by atoms with Gasteiger partial charge in [-0.1, -0.05) is 23.2 Å². The Balaban J connectivity index is 2.96. The van der Waals surface area contributed by atoms with E-state index in [0.29, 0.717) is 15.9 Å². The van der Waals surface area contributed by atoms with Gasteiger partial charge in [0.25, 0.3) is 0 Å². The molecule has 0 radical (unpaired) electrons. The molecule has 0 amide bonds. The Labute approximate surface area is 83.1 Å². The largest absolute Gasteiger partial charge is 0.382 e. The number of benzene rings is 1. The van der Waals surface area contributed by atoms with E-state index in [2.05, 4.69) is 4.37 Å². The summed E-state index contributed by atoms with van der Waals surface area (Å²) in [5.41, 5.74) is 5.60. The van der Waals surface area contributed by atoms with Crippen molar-refractivity contribution in [3.05, 3.63) is 22.2 Å². The van der Waals surface area contributed by atoms with Crippen LogP contribution in [0.15, 0.2) is 12.1 Å². The van der Waals surface area contributed by atoms with Crippen molar-refractivity contribution in [1.82, 2.24) is 4.37 Å². The highest BCUT2D eigenvalue weighted by Crippen LogP contribution is 2.35. The molecule has 2 N–H and O–H groups in total. The van der Waals surface area contributed by atoms with Crippen molar-refractivity contribution >= 4 is 50.6 Å². The summed E-state index contributed by atoms with van der Waals surface area (Å²) in [4.78, 5) is 0. The van der Waals surface area contributed by atoms with Gasteiger partial charge < -0.3 is 5.73 Å². The molecule has 2 nitrogen and oxygen atoms in total. The van der Waals surface area contributed by atoms with Gasteiger partial charge >= 0.3 is 0 Å². The molecular weight excluding hydrogens is 215 g/mol. The van der Waals surface area contributed by atoms with Crippen LogP contribution >= 0.6 is 34.7 Å². The average molecular weight is 219 g/mol. The van der Waals surface area contributed by atoms with Gasteiger partial charge in [-0.2, -0.15) is 4.37 Å². The summed E-state index contributed by atoms with van der Waals surface area (Å²) >= 11 is 13.1. The van der Waals surface area contributed by atoms with Gasteiger partial charge in [-0.3, -0.25) is 0 Å². The standard InChI is InChI=1S/C7H4Cl2N2S/c8-3-1-2-4-5(6(3)9)7(10)11-12-4/h1-2H,(H2,10,11). The number of hydrogen-bond acceptors (Lipinski definition) is 3. The van der Waals surface area contributed by atoms with Crippen molar-refractivity contribution in [2.24, 2.45) is 0 Å². The number of nitrogen functional groups attached to an aromatic ring is 1. The summed E-state index contributed by atoms with van der Waals surface area (Å²) in [6, 6.07) is 3.60. The van der Waals surface area contributed by atoms with Crippen LogP contribution in [0.4, 0.5) is 5.82 Å². The van der Waals surface area contributed by atoms with E-state index in [1.165, 1.54) is 11.5 Å². The van der Waals surface area contributed by atoms with Crippen LogP contribution in [-0.4, -0.2) is 4.37 Å². The van der Waals surface area contributed by atoms with Gasteiger partial charge in [-0.25, -0.2) is 0 Å². The van der Waals surface area contributed by atoms with Gasteiger partial charge in [0.15, 0.2) is 0 Å². The van der Waals surface area contributed by atoms with Crippen LogP contribution < -0.4 is 5.73 Å². The van der Waals surface area contributed by atoms with E-state index in [9.17, 15) is 0 Å². The molecule has 0 aliphatic rings. The molecule has 0 aliphatic heterocycles. The number of anilines is 1. The third kappa shape index (κ3) is 1.05. The van der Waals surface area contributed by atoms with Gasteiger partial charge in [0.1, 0.15) is 5.82 Å². The Kier molecular flexibility index (Phi) is 1.87. The van der Waals surface area contributed by atoms with Crippen molar-refractivity contribution in [3.63, 3.8) is 0 Å². The highest BCUT2D eigenvalue weighted by molar-refractivity contribution is 7.13. The van der Waals surface area contributed by atoms with Crippen LogP contribution in [0.5, 0.6) is 0 Å². The third-order valence-electron chi connectivity index (χ3n) is 1.56. The van der Waals surface area contributed by atoms with Crippen molar-refractivity contribution in [1.29, 1.82) is 0 Å². The second kappa shape index (κ2) is 2.76. The number of nitrogens with zero attached hydrogens (tertiary/aromatic N) is 1. The lowest BCUT2D eigenvalue weighted by molar-refractivity contribution is 1.59. The second-order valence-electron chi connectivity index (χ2n) is 2.30. The maximum Gasteiger partial charge on any atom is 0.146 e. The van der Waals surface area contributed by atoms with Crippen LogP contribution in [0.25, 0.3) is 10.1 Å². The minimum atomic E-state index is 0.447. The molecule has 1 aromatic heterocycles. The highest BCUT2D eigenvalue weighted by atomic mass is 35.5. The highest BCUT2D eigenvalue weighted by Gasteiger charge is 2.09. The lowest BCUT2D eigenvalue weighted by atomic mass is 10.2. The molecule has 2 aromatic rings. The van der Waals surface area contributed by atoms with E-state index in [4.69, 9.17) is 28.9 Å². The number of aromatic nitrogens is 1. The molecule has 1 heterocycles. The molecule has 0 aliphatic carbocycles. The number of rotatable bonds is 0. The predicted octanol–water partition coefficient (Wildman–Crippen LogP) is 3.19. The summed E-state index contributed by atoms with van der Waals surface area (Å²) in [6.07, 6.45) is 0. The molecule has 12 heavy (non-hydrogen) atoms. The Morgan fingerprint density at radius 1 is 1.33 bits per heavy atom. The summed E-state index contributed by atoms with van der Waals surface area (Å²) < 4.78 is 4.93. The number of halogens is 2. The van der Waals surface area contributed by atoms with Crippen molar-refractivity contribution in [2.75, 3.05) is 5.73 Å². The fourth-order valence-electron chi connectivity index (χ4n) is 0.992. The lowest BCUT2D eigenvalue weighted by Gasteiger charge is -1.96. The van der Waals surface area contributed by atoms with E-state index < -0.39 is 0 Å². The Morgan fingerprint density at radius 2 is 2.08 bits per heavy atom. The summed E-state index contributed by atoms with van der Waals surface area (Å²) in [7, 11) is 0. The van der Waals surface area contributed by atoms with E-state index in [1.54, 1.807) is 6.07 Å². The Bertz CT molecular complexity index is 438. The Hall–Kier alpha value is -0.510. The SMILES string of the molecule is Nc1nsc2ccc(Cl)c(Cl)c12. The van der Waals surface area contributed by atoms with Crippen molar-refractivity contribution in [3.8, 4) is 0 Å². The quantitative estimate of drug-likeness (QED) is 0.738. The minimum absolute atomic E-state index is 0.447. The molecule has 1 aromatic carbocycles. The van der Waals surface area contributed by atoms with Gasteiger partial charge in [-0.15, -0.1) is 0 Å². The fourth-order valence-corrected chi connectivity index (χ4v) is 2.18. The van der Waals surface area contributed by atoms with Gasteiger partial charge in [0.2, 0.25) is 0 Å². The number of hydrogen-bond donors (Lipinski definition) is 1. The Morgan fingerprint density at radius 3 is 2.83 bits per heavy atom. The maximum atomic E-state index is 5.93. The zero-order chi connectivity index (χ0) is 8.72. The van der Waals surface area contributed by atoms with E-state index in [1.807, 2.05) is 6.07 Å². The molecule has 2 rings (SSSR count). The van der Waals surface area contributed by atoms with Gasteiger partial charge in [-0.05, 0) is 23.7 Å². The zero-order valence-corrected chi connectivity index (χ0v) is 8.17. The molecular formula is C7H4Cl2N2S. The molecule has 0 unspecified atom stereocenters. The predicted molar refractivity (Wildman–Crippen MR) is 54.1 cm³/mol. The second-order valence-corrected chi connectivity index (χ2v) is 3.89. The first-order valence-electron chi connectivity index (χ1n) is 3.19. The summed E-state index contributed by atoms with van der Waals surface area (Å²) in [5, 5.41) is 1.76. The molecule has 0 saturated heterocycles. The van der Waals surface area contributed by atoms with E-state index >= 15 is 0 Å². The maximum absolute atomic E-state index is 5.93. The topological polar surface area (TPSA) is 38.9 Å². The normalized spacial score (nSPS) is 10.8. The number of nitrogens with two attached hydrogens (primary N) is 1. The lowest BCUT2D eigenvalue weighted by Crippen LogP contribution is -1.83. The summed E-state index contributed by atoms with van der Waals surface area (Å²) in [5.74, 6) is 0.447. The molecule has 0 fully saturated rings. The van der Waals surface area contributed by atoms with Crippen LogP contribution in [0.2, 0.25) is 10.0 Å². The molecule has 0 spiro atoms. The first-order valence-corrected chi connectivity index (χ1v) is 4.72. The first kappa shape index (κ1) is 8.10. The van der Waals surface area contributed by atoms with E-state index in [-0.39, 0.29) is 0 Å². The number of fused-ring (bicyclic) bond motifs is 1. The summed E-state index contributed by atoms with van der Waals surface area (Å²) in [6.45, 7) is 0. The van der Waals surface area contributed by atoms with Crippen molar-refractivity contribution < 1.29 is 0 Å². The average Bonchev–Trinajstić information content (AvgIpc) is 2.41. The molecule has 0 atom stereocenters. The monoisotopic (exact) mass is 218 g/mol. The van der Waals surface area contributed by atoms with Crippen LogP contribution in [-0.2, 0) is 0 Å². The molecule has 0 saturated carbocycles. The van der Waals surface area contributed by atoms with Crippen LogP contribution in [0, 0.1) is 0 Å². The van der Waals surface area contributed by atoms with Gasteiger partial charge in [0.05, 0.1) is 20.1 Å². The van der Waals surface area contributed by atoms with Gasteiger partial charge in [0, 0.05) is 0 Å². The van der Waals surface area contributed by atoms with Crippen LogP contribution in [0.1, 0.15) is 0 Å². The molecule has 0 bridgehead atoms. The van der Waals surface area contributed by atoms with Crippen molar-refractivity contribution in [2.45, 2.75) is 0 Å². The molecule has 62 valence electrons. The van der Waals surface area contributed by atoms with E-state index in [0.717, 1.165) is 10.1 Å². The minimum Gasteiger partial charge on any atom is -0.382 e.